The lowest BCUT2D eigenvalue weighted by molar-refractivity contribution is -0.124. The monoisotopic (exact) mass is 379 g/mol. The van der Waals surface area contributed by atoms with Crippen LogP contribution in [0.25, 0.3) is 0 Å². The van der Waals surface area contributed by atoms with Crippen molar-refractivity contribution in [1.82, 2.24) is 5.32 Å². The Morgan fingerprint density at radius 3 is 2.30 bits per heavy atom. The zero-order valence-corrected chi connectivity index (χ0v) is 14.7. The lowest BCUT2D eigenvalue weighted by Crippen LogP contribution is -2.32. The minimum absolute atomic E-state index is 0.189. The van der Waals surface area contributed by atoms with Crippen molar-refractivity contribution in [2.75, 3.05) is 26.4 Å². The van der Waals surface area contributed by atoms with Crippen LogP contribution >= 0.6 is 0 Å². The fourth-order valence-corrected chi connectivity index (χ4v) is 2.07. The summed E-state index contributed by atoms with van der Waals surface area (Å²) in [6.07, 6.45) is 0. The number of hydrogen-bond donors (Lipinski definition) is 1. The smallest absolute Gasteiger partial charge is 0.341 e. The molecule has 27 heavy (non-hydrogen) atoms. The lowest BCUT2D eigenvalue weighted by atomic mass is 10.2. The maximum absolute atomic E-state index is 13.4. The van der Waals surface area contributed by atoms with Gasteiger partial charge in [0.2, 0.25) is 0 Å². The molecule has 0 bridgehead atoms. The van der Waals surface area contributed by atoms with E-state index in [0.717, 1.165) is 17.9 Å². The number of esters is 1. The van der Waals surface area contributed by atoms with E-state index in [9.17, 15) is 18.4 Å². The van der Waals surface area contributed by atoms with Gasteiger partial charge in [0.1, 0.15) is 29.7 Å². The first kappa shape index (κ1) is 20.2. The zero-order valence-electron chi connectivity index (χ0n) is 14.7. The van der Waals surface area contributed by atoms with Crippen LogP contribution in [0.15, 0.2) is 42.5 Å². The fraction of sp³-hybridized carbons (Fsp3) is 0.263. The molecule has 0 saturated carbocycles. The maximum atomic E-state index is 13.4. The van der Waals surface area contributed by atoms with Crippen LogP contribution in [0.2, 0.25) is 0 Å². The number of halogens is 2. The third kappa shape index (κ3) is 6.58. The maximum Gasteiger partial charge on any atom is 0.341 e. The van der Waals surface area contributed by atoms with Gasteiger partial charge in [0.15, 0.2) is 6.61 Å². The van der Waals surface area contributed by atoms with E-state index in [1.54, 1.807) is 24.3 Å². The summed E-state index contributed by atoms with van der Waals surface area (Å²) >= 11 is 0. The molecular weight excluding hydrogens is 360 g/mol. The van der Waals surface area contributed by atoms with E-state index in [1.165, 1.54) is 0 Å². The third-order valence-electron chi connectivity index (χ3n) is 3.31. The Bertz CT molecular complexity index is 780. The molecule has 0 fully saturated rings. The quantitative estimate of drug-likeness (QED) is 0.536. The molecule has 0 aliphatic rings. The van der Waals surface area contributed by atoms with E-state index in [0.29, 0.717) is 18.4 Å². The first-order valence-electron chi connectivity index (χ1n) is 8.24. The fourth-order valence-electron chi connectivity index (χ4n) is 2.07. The van der Waals surface area contributed by atoms with E-state index in [1.807, 2.05) is 6.92 Å². The Labute approximate surface area is 155 Å². The van der Waals surface area contributed by atoms with Crippen LogP contribution in [0.1, 0.15) is 17.3 Å². The molecule has 1 N–H and O–H groups in total. The number of nitrogens with one attached hydrogen (secondary N) is 1. The largest absolute Gasteiger partial charge is 0.494 e. The molecule has 2 aromatic carbocycles. The molecule has 8 heteroatoms. The first-order valence-corrected chi connectivity index (χ1v) is 8.24. The van der Waals surface area contributed by atoms with Crippen molar-refractivity contribution in [3.8, 4) is 11.5 Å². The molecule has 0 aromatic heterocycles. The van der Waals surface area contributed by atoms with Gasteiger partial charge in [-0.15, -0.1) is 0 Å². The number of carbonyl (C=O) groups excluding carboxylic acids is 2. The number of rotatable bonds is 9. The summed E-state index contributed by atoms with van der Waals surface area (Å²) in [4.78, 5) is 23.3. The minimum atomic E-state index is -1.05. The molecule has 0 aliphatic carbocycles. The van der Waals surface area contributed by atoms with Gasteiger partial charge in [-0.05, 0) is 43.3 Å². The second-order valence-corrected chi connectivity index (χ2v) is 5.30. The van der Waals surface area contributed by atoms with Gasteiger partial charge in [-0.25, -0.2) is 13.6 Å². The summed E-state index contributed by atoms with van der Waals surface area (Å²) in [5, 5.41) is 2.50. The number of hydrogen-bond acceptors (Lipinski definition) is 5. The number of ether oxygens (including phenoxy) is 3. The van der Waals surface area contributed by atoms with Crippen molar-refractivity contribution in [3.63, 3.8) is 0 Å². The summed E-state index contributed by atoms with van der Waals surface area (Å²) in [6, 6.07) is 9.47. The van der Waals surface area contributed by atoms with Crippen molar-refractivity contribution in [3.05, 3.63) is 59.7 Å². The first-order chi connectivity index (χ1) is 13.0. The van der Waals surface area contributed by atoms with E-state index in [4.69, 9.17) is 14.2 Å². The number of amides is 1. The van der Waals surface area contributed by atoms with Gasteiger partial charge in [-0.3, -0.25) is 4.79 Å². The highest BCUT2D eigenvalue weighted by atomic mass is 19.1. The SMILES string of the molecule is CCOc1ccc(OCCNC(=O)COC(=O)c2ccc(F)cc2F)cc1. The van der Waals surface area contributed by atoms with Crippen molar-refractivity contribution >= 4 is 11.9 Å². The van der Waals surface area contributed by atoms with Gasteiger partial charge in [0.05, 0.1) is 18.7 Å². The zero-order chi connectivity index (χ0) is 19.6. The average Bonchev–Trinajstić information content (AvgIpc) is 2.65. The standard InChI is InChI=1S/C19H19F2NO5/c1-2-25-14-4-6-15(7-5-14)26-10-9-22-18(23)12-27-19(24)16-8-3-13(20)11-17(16)21/h3-8,11H,2,9-10,12H2,1H3,(H,22,23). The van der Waals surface area contributed by atoms with Gasteiger partial charge < -0.3 is 19.5 Å². The van der Waals surface area contributed by atoms with Crippen molar-refractivity contribution in [2.45, 2.75) is 6.92 Å². The van der Waals surface area contributed by atoms with Gasteiger partial charge in [0, 0.05) is 6.07 Å². The van der Waals surface area contributed by atoms with Crippen molar-refractivity contribution in [2.24, 2.45) is 0 Å². The Hall–Kier alpha value is -3.16. The second-order valence-electron chi connectivity index (χ2n) is 5.30. The average molecular weight is 379 g/mol. The lowest BCUT2D eigenvalue weighted by Gasteiger charge is -2.09. The molecule has 0 unspecified atom stereocenters. The van der Waals surface area contributed by atoms with Crippen LogP contribution in [-0.4, -0.2) is 38.2 Å². The van der Waals surface area contributed by atoms with E-state index >= 15 is 0 Å². The minimum Gasteiger partial charge on any atom is -0.494 e. The second kappa shape index (κ2) is 10.1. The van der Waals surface area contributed by atoms with Crippen molar-refractivity contribution in [1.29, 1.82) is 0 Å². The molecule has 0 aliphatic heterocycles. The number of benzene rings is 2. The van der Waals surface area contributed by atoms with Crippen LogP contribution in [-0.2, 0) is 9.53 Å². The summed E-state index contributed by atoms with van der Waals surface area (Å²) in [7, 11) is 0. The van der Waals surface area contributed by atoms with Crippen LogP contribution in [0.5, 0.6) is 11.5 Å². The Balaban J connectivity index is 1.66. The summed E-state index contributed by atoms with van der Waals surface area (Å²) in [6.45, 7) is 2.28. The van der Waals surface area contributed by atoms with Crippen molar-refractivity contribution < 1.29 is 32.6 Å². The molecule has 1 amide bonds. The normalized spacial score (nSPS) is 10.2. The molecule has 0 saturated heterocycles. The number of carbonyl (C=O) groups is 2. The molecule has 0 heterocycles. The predicted molar refractivity (Wildman–Crippen MR) is 92.8 cm³/mol. The summed E-state index contributed by atoms with van der Waals surface area (Å²) in [5.74, 6) is -2.13. The van der Waals surface area contributed by atoms with E-state index in [-0.39, 0.29) is 13.2 Å². The molecular formula is C19H19F2NO5. The molecule has 0 spiro atoms. The molecule has 2 aromatic rings. The van der Waals surface area contributed by atoms with Gasteiger partial charge >= 0.3 is 5.97 Å². The van der Waals surface area contributed by atoms with Gasteiger partial charge in [0.25, 0.3) is 5.91 Å². The molecule has 2 rings (SSSR count). The van der Waals surface area contributed by atoms with E-state index in [2.05, 4.69) is 5.32 Å². The molecule has 0 radical (unpaired) electrons. The highest BCUT2D eigenvalue weighted by molar-refractivity contribution is 5.91. The topological polar surface area (TPSA) is 73.9 Å². The summed E-state index contributed by atoms with van der Waals surface area (Å²) in [5.41, 5.74) is -0.442. The molecule has 144 valence electrons. The highest BCUT2D eigenvalue weighted by Gasteiger charge is 2.15. The van der Waals surface area contributed by atoms with Gasteiger partial charge in [-0.2, -0.15) is 0 Å². The van der Waals surface area contributed by atoms with E-state index < -0.39 is 35.7 Å². The predicted octanol–water partition coefficient (Wildman–Crippen LogP) is 2.72. The Morgan fingerprint density at radius 2 is 1.67 bits per heavy atom. The van der Waals surface area contributed by atoms with Crippen LogP contribution in [0.3, 0.4) is 0 Å². The third-order valence-corrected chi connectivity index (χ3v) is 3.31. The Morgan fingerprint density at radius 1 is 1.00 bits per heavy atom. The van der Waals surface area contributed by atoms with Crippen LogP contribution < -0.4 is 14.8 Å². The highest BCUT2D eigenvalue weighted by Crippen LogP contribution is 2.17. The Kier molecular flexibility index (Phi) is 7.54. The molecule has 0 atom stereocenters. The van der Waals surface area contributed by atoms with Gasteiger partial charge in [-0.1, -0.05) is 0 Å². The van der Waals surface area contributed by atoms with Crippen LogP contribution in [0.4, 0.5) is 8.78 Å². The molecule has 6 nitrogen and oxygen atoms in total. The summed E-state index contributed by atoms with van der Waals surface area (Å²) < 4.78 is 41.7. The van der Waals surface area contributed by atoms with Crippen LogP contribution in [0, 0.1) is 11.6 Å².